The van der Waals surface area contributed by atoms with Gasteiger partial charge in [0.15, 0.2) is 5.82 Å². The molecule has 102 valence electrons. The van der Waals surface area contributed by atoms with E-state index in [1.54, 1.807) is 6.26 Å². The van der Waals surface area contributed by atoms with Gasteiger partial charge >= 0.3 is 0 Å². The van der Waals surface area contributed by atoms with E-state index in [4.69, 9.17) is 5.73 Å². The van der Waals surface area contributed by atoms with Crippen molar-refractivity contribution < 1.29 is 8.60 Å². The van der Waals surface area contributed by atoms with Crippen LogP contribution >= 0.6 is 0 Å². The first-order chi connectivity index (χ1) is 9.08. The monoisotopic (exact) mass is 283 g/mol. The summed E-state index contributed by atoms with van der Waals surface area (Å²) < 4.78 is 25.8. The van der Waals surface area contributed by atoms with Crippen molar-refractivity contribution in [1.29, 1.82) is 0 Å². The fourth-order valence-corrected chi connectivity index (χ4v) is 2.22. The Kier molecular flexibility index (Phi) is 4.20. The van der Waals surface area contributed by atoms with Crippen molar-refractivity contribution in [2.45, 2.75) is 13.0 Å². The number of halogens is 1. The van der Waals surface area contributed by atoms with Crippen LogP contribution in [0.4, 0.5) is 10.1 Å². The fourth-order valence-electron chi connectivity index (χ4n) is 1.69. The Bertz CT molecular complexity index is 601. The number of benzene rings is 1. The van der Waals surface area contributed by atoms with E-state index in [9.17, 15) is 8.60 Å². The Balaban J connectivity index is 2.23. The van der Waals surface area contributed by atoms with Crippen LogP contribution in [0.2, 0.25) is 0 Å². The molecule has 0 spiro atoms. The Morgan fingerprint density at radius 1 is 1.47 bits per heavy atom. The van der Waals surface area contributed by atoms with Crippen LogP contribution in [0.1, 0.15) is 6.42 Å². The summed E-state index contributed by atoms with van der Waals surface area (Å²) in [6, 6.07) is 4.06. The minimum absolute atomic E-state index is 0.395. The number of tetrazole rings is 1. The van der Waals surface area contributed by atoms with Crippen molar-refractivity contribution in [2.75, 3.05) is 17.7 Å². The van der Waals surface area contributed by atoms with E-state index < -0.39 is 16.6 Å². The van der Waals surface area contributed by atoms with E-state index in [1.165, 1.54) is 22.9 Å². The molecule has 1 atom stereocenters. The zero-order valence-electron chi connectivity index (χ0n) is 10.4. The van der Waals surface area contributed by atoms with Gasteiger partial charge < -0.3 is 5.73 Å². The third-order valence-corrected chi connectivity index (χ3v) is 3.45. The minimum Gasteiger partial charge on any atom is -0.398 e. The number of anilines is 1. The Hall–Kier alpha value is -1.83. The zero-order chi connectivity index (χ0) is 13.8. The van der Waals surface area contributed by atoms with Gasteiger partial charge in [0.25, 0.3) is 0 Å². The van der Waals surface area contributed by atoms with Gasteiger partial charge in [0.05, 0.1) is 0 Å². The molecule has 1 aromatic heterocycles. The summed E-state index contributed by atoms with van der Waals surface area (Å²) in [7, 11) is -0.853. The van der Waals surface area contributed by atoms with Crippen molar-refractivity contribution in [2.24, 2.45) is 0 Å². The molecule has 8 heteroatoms. The molecule has 2 aromatic rings. The molecule has 2 rings (SSSR count). The molecule has 1 unspecified atom stereocenters. The highest BCUT2D eigenvalue weighted by atomic mass is 32.2. The van der Waals surface area contributed by atoms with Crippen LogP contribution in [0.3, 0.4) is 0 Å². The number of nitrogens with two attached hydrogens (primary N) is 1. The molecule has 0 aliphatic carbocycles. The zero-order valence-corrected chi connectivity index (χ0v) is 11.2. The molecule has 0 saturated carbocycles. The molecule has 2 N–H and O–H groups in total. The van der Waals surface area contributed by atoms with Gasteiger partial charge in [0.1, 0.15) is 5.82 Å². The molecule has 0 aliphatic heterocycles. The second kappa shape index (κ2) is 5.87. The maximum Gasteiger partial charge on any atom is 0.184 e. The van der Waals surface area contributed by atoms with E-state index in [2.05, 4.69) is 15.5 Å². The minimum atomic E-state index is -0.853. The molecule has 0 amide bonds. The summed E-state index contributed by atoms with van der Waals surface area (Å²) in [6.45, 7) is 0.512. The SMILES string of the molecule is CS(=O)CCCn1nnnc1-c1cc(F)ccc1N. The summed E-state index contributed by atoms with van der Waals surface area (Å²) in [4.78, 5) is 0. The normalized spacial score (nSPS) is 12.5. The molecule has 19 heavy (non-hydrogen) atoms. The predicted molar refractivity (Wildman–Crippen MR) is 71.2 cm³/mol. The first-order valence-corrected chi connectivity index (χ1v) is 7.42. The number of rotatable bonds is 5. The number of hydrogen-bond donors (Lipinski definition) is 1. The van der Waals surface area contributed by atoms with Gasteiger partial charge in [-0.15, -0.1) is 5.10 Å². The molecule has 6 nitrogen and oxygen atoms in total. The second-order valence-electron chi connectivity index (χ2n) is 4.09. The van der Waals surface area contributed by atoms with Crippen molar-refractivity contribution in [1.82, 2.24) is 20.2 Å². The fraction of sp³-hybridized carbons (Fsp3) is 0.364. The van der Waals surface area contributed by atoms with Gasteiger partial charge in [-0.25, -0.2) is 9.07 Å². The number of hydrogen-bond acceptors (Lipinski definition) is 5. The number of aryl methyl sites for hydroxylation is 1. The van der Waals surface area contributed by atoms with Crippen LogP contribution in [0.15, 0.2) is 18.2 Å². The Morgan fingerprint density at radius 2 is 2.26 bits per heavy atom. The van der Waals surface area contributed by atoms with E-state index in [0.29, 0.717) is 35.8 Å². The summed E-state index contributed by atoms with van der Waals surface area (Å²) in [5, 5.41) is 11.3. The lowest BCUT2D eigenvalue weighted by Gasteiger charge is -2.06. The van der Waals surface area contributed by atoms with Crippen molar-refractivity contribution >= 4 is 16.5 Å². The highest BCUT2D eigenvalue weighted by molar-refractivity contribution is 7.84. The van der Waals surface area contributed by atoms with E-state index in [0.717, 1.165) is 0 Å². The summed E-state index contributed by atoms with van der Waals surface area (Å²) in [6.07, 6.45) is 2.32. The lowest BCUT2D eigenvalue weighted by Crippen LogP contribution is -2.07. The van der Waals surface area contributed by atoms with E-state index in [1.807, 2.05) is 0 Å². The lowest BCUT2D eigenvalue weighted by molar-refractivity contribution is 0.582. The second-order valence-corrected chi connectivity index (χ2v) is 5.64. The lowest BCUT2D eigenvalue weighted by atomic mass is 10.1. The van der Waals surface area contributed by atoms with Gasteiger partial charge in [0, 0.05) is 40.6 Å². The third kappa shape index (κ3) is 3.34. The highest BCUT2D eigenvalue weighted by Gasteiger charge is 2.12. The molecule has 0 fully saturated rings. The van der Waals surface area contributed by atoms with Gasteiger partial charge in [-0.2, -0.15) is 0 Å². The van der Waals surface area contributed by atoms with Gasteiger partial charge in [-0.05, 0) is 35.0 Å². The Labute approximate surface area is 112 Å². The van der Waals surface area contributed by atoms with Crippen molar-refractivity contribution in [3.8, 4) is 11.4 Å². The summed E-state index contributed by atoms with van der Waals surface area (Å²) in [5.74, 6) is 0.588. The van der Waals surface area contributed by atoms with Gasteiger partial charge in [-0.3, -0.25) is 4.21 Å². The first kappa shape index (κ1) is 13.6. The maximum absolute atomic E-state index is 13.3. The molecule has 0 aliphatic rings. The van der Waals surface area contributed by atoms with E-state index >= 15 is 0 Å². The summed E-state index contributed by atoms with van der Waals surface area (Å²) >= 11 is 0. The standard InChI is InChI=1S/C11H14FN5OS/c1-19(18)6-2-5-17-11(14-15-16-17)9-7-8(12)3-4-10(9)13/h3-4,7H,2,5-6,13H2,1H3. The van der Waals surface area contributed by atoms with Crippen LogP contribution in [0.25, 0.3) is 11.4 Å². The molecule has 1 aromatic carbocycles. The number of nitrogen functional groups attached to an aromatic ring is 1. The topological polar surface area (TPSA) is 86.7 Å². The smallest absolute Gasteiger partial charge is 0.184 e. The quantitative estimate of drug-likeness (QED) is 0.821. The molecule has 0 radical (unpaired) electrons. The van der Waals surface area contributed by atoms with Crippen LogP contribution < -0.4 is 5.73 Å². The first-order valence-electron chi connectivity index (χ1n) is 5.69. The highest BCUT2D eigenvalue weighted by Crippen LogP contribution is 2.24. The van der Waals surface area contributed by atoms with Crippen LogP contribution in [-0.4, -0.2) is 36.4 Å². The maximum atomic E-state index is 13.3. The van der Waals surface area contributed by atoms with Gasteiger partial charge in [0.2, 0.25) is 0 Å². The summed E-state index contributed by atoms with van der Waals surface area (Å²) in [5.41, 5.74) is 6.68. The molecular weight excluding hydrogens is 269 g/mol. The average Bonchev–Trinajstić information content (AvgIpc) is 2.80. The van der Waals surface area contributed by atoms with Crippen LogP contribution in [0, 0.1) is 5.82 Å². The number of aromatic nitrogens is 4. The predicted octanol–water partition coefficient (Wildman–Crippen LogP) is 0.830. The number of nitrogens with zero attached hydrogens (tertiary/aromatic N) is 4. The molecule has 1 heterocycles. The van der Waals surface area contributed by atoms with Crippen molar-refractivity contribution in [3.05, 3.63) is 24.0 Å². The van der Waals surface area contributed by atoms with Crippen LogP contribution in [0.5, 0.6) is 0 Å². The largest absolute Gasteiger partial charge is 0.398 e. The van der Waals surface area contributed by atoms with Crippen LogP contribution in [-0.2, 0) is 17.3 Å². The van der Waals surface area contributed by atoms with Crippen molar-refractivity contribution in [3.63, 3.8) is 0 Å². The third-order valence-electron chi connectivity index (χ3n) is 2.59. The molecular formula is C11H14FN5OS. The molecule has 0 bridgehead atoms. The Morgan fingerprint density at radius 3 is 3.00 bits per heavy atom. The van der Waals surface area contributed by atoms with E-state index in [-0.39, 0.29) is 0 Å². The molecule has 0 saturated heterocycles. The van der Waals surface area contributed by atoms with Gasteiger partial charge in [-0.1, -0.05) is 0 Å². The average molecular weight is 283 g/mol.